The summed E-state index contributed by atoms with van der Waals surface area (Å²) in [6.07, 6.45) is 2.15. The van der Waals surface area contributed by atoms with Gasteiger partial charge in [-0.05, 0) is 66.1 Å². The maximum Gasteiger partial charge on any atom is 0.130 e. The Kier molecular flexibility index (Phi) is 7.91. The molecule has 0 unspecified atom stereocenters. The van der Waals surface area contributed by atoms with Gasteiger partial charge < -0.3 is 14.3 Å². The highest BCUT2D eigenvalue weighted by Crippen LogP contribution is 2.38. The second-order valence-electron chi connectivity index (χ2n) is 10.7. The van der Waals surface area contributed by atoms with E-state index in [0.717, 1.165) is 62.1 Å². The molecule has 0 atom stereocenters. The van der Waals surface area contributed by atoms with E-state index in [0.29, 0.717) is 26.1 Å². The zero-order chi connectivity index (χ0) is 28.8. The van der Waals surface area contributed by atoms with E-state index in [2.05, 4.69) is 55.5 Å². The Morgan fingerprint density at radius 1 is 0.595 bits per heavy atom. The lowest BCUT2D eigenvalue weighted by atomic mass is 9.73. The average Bonchev–Trinajstić information content (AvgIpc) is 3.05. The van der Waals surface area contributed by atoms with Crippen molar-refractivity contribution in [2.24, 2.45) is 0 Å². The van der Waals surface area contributed by atoms with Crippen molar-refractivity contribution < 1.29 is 14.3 Å². The number of aromatic nitrogens is 2. The first-order valence-corrected chi connectivity index (χ1v) is 14.2. The molecule has 0 aliphatic heterocycles. The van der Waals surface area contributed by atoms with E-state index in [9.17, 15) is 4.79 Å². The summed E-state index contributed by atoms with van der Waals surface area (Å²) in [6.45, 7) is 2.96. The van der Waals surface area contributed by atoms with E-state index in [1.54, 1.807) is 0 Å². The molecule has 0 radical (unpaired) electrons. The van der Waals surface area contributed by atoms with E-state index in [1.165, 1.54) is 0 Å². The first-order chi connectivity index (χ1) is 20.6. The summed E-state index contributed by atoms with van der Waals surface area (Å²) in [7, 11) is 0. The smallest absolute Gasteiger partial charge is 0.130 e. The zero-order valence-corrected chi connectivity index (χ0v) is 23.6. The molecule has 0 N–H and O–H groups in total. The average molecular weight is 553 g/mol. The van der Waals surface area contributed by atoms with Gasteiger partial charge in [-0.2, -0.15) is 0 Å². The first-order valence-electron chi connectivity index (χ1n) is 14.2. The largest absolute Gasteiger partial charge is 0.487 e. The first kappa shape index (κ1) is 27.2. The topological polar surface area (TPSA) is 61.3 Å². The quantitative estimate of drug-likeness (QED) is 0.152. The van der Waals surface area contributed by atoms with Crippen molar-refractivity contribution in [1.29, 1.82) is 0 Å². The Hall–Kier alpha value is -5.03. The predicted octanol–water partition coefficient (Wildman–Crippen LogP) is 8.23. The fourth-order valence-corrected chi connectivity index (χ4v) is 5.33. The van der Waals surface area contributed by atoms with Gasteiger partial charge in [0.2, 0.25) is 0 Å². The molecule has 5 nitrogen and oxygen atoms in total. The van der Waals surface area contributed by atoms with E-state index in [1.807, 2.05) is 72.8 Å². The number of hydrogen-bond acceptors (Lipinski definition) is 5. The van der Waals surface area contributed by atoms with E-state index >= 15 is 0 Å². The van der Waals surface area contributed by atoms with Gasteiger partial charge in [0.05, 0.1) is 22.4 Å². The van der Waals surface area contributed by atoms with E-state index in [4.69, 9.17) is 19.4 Å². The second kappa shape index (κ2) is 12.2. The van der Waals surface area contributed by atoms with Gasteiger partial charge in [0, 0.05) is 22.6 Å². The van der Waals surface area contributed by atoms with Gasteiger partial charge in [-0.15, -0.1) is 0 Å². The maximum atomic E-state index is 11.4. The molecule has 208 valence electrons. The Balaban J connectivity index is 1.14. The molecule has 5 heteroatoms. The maximum absolute atomic E-state index is 11.4. The predicted molar refractivity (Wildman–Crippen MR) is 167 cm³/mol. The Morgan fingerprint density at radius 3 is 1.50 bits per heavy atom. The minimum absolute atomic E-state index is 0.349. The molecule has 0 aliphatic rings. The van der Waals surface area contributed by atoms with Gasteiger partial charge in [0.25, 0.3) is 0 Å². The van der Waals surface area contributed by atoms with Gasteiger partial charge in [-0.25, -0.2) is 9.97 Å². The van der Waals surface area contributed by atoms with Crippen LogP contribution in [0.4, 0.5) is 0 Å². The van der Waals surface area contributed by atoms with Crippen LogP contribution in [-0.4, -0.2) is 16.3 Å². The highest BCUT2D eigenvalue weighted by atomic mass is 16.5. The zero-order valence-electron chi connectivity index (χ0n) is 23.6. The SMILES string of the molecule is CC(CCC=O)(c1ccc(OCc2ccc3ccccc3n2)cc1)c1ccc(OCc2ccc3ccccc3n2)cc1. The van der Waals surface area contributed by atoms with E-state index in [-0.39, 0.29) is 5.41 Å². The highest BCUT2D eigenvalue weighted by molar-refractivity contribution is 5.79. The fraction of sp³-hybridized carbons (Fsp3) is 0.162. The molecule has 0 amide bonds. The van der Waals surface area contributed by atoms with Crippen molar-refractivity contribution in [2.45, 2.75) is 38.4 Å². The summed E-state index contributed by atoms with van der Waals surface area (Å²) in [5, 5.41) is 2.23. The summed E-state index contributed by atoms with van der Waals surface area (Å²) in [4.78, 5) is 20.8. The van der Waals surface area contributed by atoms with Gasteiger partial charge in [-0.1, -0.05) is 79.7 Å². The normalized spacial score (nSPS) is 11.5. The fourth-order valence-electron chi connectivity index (χ4n) is 5.33. The van der Waals surface area contributed by atoms with Crippen LogP contribution in [0.2, 0.25) is 0 Å². The van der Waals surface area contributed by atoms with Crippen LogP contribution in [0.5, 0.6) is 11.5 Å². The molecular formula is C37H32N2O3. The van der Waals surface area contributed by atoms with Crippen molar-refractivity contribution in [1.82, 2.24) is 9.97 Å². The minimum Gasteiger partial charge on any atom is -0.487 e. The molecule has 42 heavy (non-hydrogen) atoms. The Morgan fingerprint density at radius 2 is 1.05 bits per heavy atom. The number of nitrogens with zero attached hydrogens (tertiary/aromatic N) is 2. The third-order valence-corrected chi connectivity index (χ3v) is 7.83. The second-order valence-corrected chi connectivity index (χ2v) is 10.7. The molecule has 0 aliphatic carbocycles. The van der Waals surface area contributed by atoms with Crippen LogP contribution in [-0.2, 0) is 23.4 Å². The van der Waals surface area contributed by atoms with Crippen LogP contribution in [0.3, 0.4) is 0 Å². The number of fused-ring (bicyclic) bond motifs is 2. The lowest BCUT2D eigenvalue weighted by Gasteiger charge is -2.31. The third kappa shape index (κ3) is 6.01. The standard InChI is InChI=1S/C37H32N2O3/c1-37(23-6-24-40,29-13-19-33(20-14-29)41-25-31-17-11-27-7-2-4-9-35(27)38-31)30-15-21-34(22-16-30)42-26-32-18-12-28-8-3-5-10-36(28)39-32/h2-5,7-22,24H,6,23,25-26H2,1H3. The van der Waals surface area contributed by atoms with Crippen LogP contribution in [0.15, 0.2) is 121 Å². The number of rotatable bonds is 11. The number of pyridine rings is 2. The summed E-state index contributed by atoms with van der Waals surface area (Å²) < 4.78 is 12.1. The number of hydrogen-bond donors (Lipinski definition) is 0. The molecule has 6 rings (SSSR count). The molecule has 2 heterocycles. The monoisotopic (exact) mass is 552 g/mol. The summed E-state index contributed by atoms with van der Waals surface area (Å²) in [5.74, 6) is 1.55. The molecule has 6 aromatic rings. The molecule has 0 fully saturated rings. The lowest BCUT2D eigenvalue weighted by Crippen LogP contribution is -2.24. The van der Waals surface area contributed by atoms with Crippen molar-refractivity contribution >= 4 is 28.1 Å². The summed E-state index contributed by atoms with van der Waals surface area (Å²) in [5.41, 5.74) is 5.57. The number of carbonyl (C=O) groups excluding carboxylic acids is 1. The highest BCUT2D eigenvalue weighted by Gasteiger charge is 2.28. The molecule has 2 aromatic heterocycles. The molecule has 0 bridgehead atoms. The molecule has 0 saturated heterocycles. The van der Waals surface area contributed by atoms with Crippen LogP contribution >= 0.6 is 0 Å². The molecule has 0 spiro atoms. The van der Waals surface area contributed by atoms with Crippen molar-refractivity contribution in [3.8, 4) is 11.5 Å². The van der Waals surface area contributed by atoms with Crippen molar-refractivity contribution in [2.75, 3.05) is 0 Å². The molecular weight excluding hydrogens is 520 g/mol. The van der Waals surface area contributed by atoms with Crippen LogP contribution in [0, 0.1) is 0 Å². The molecule has 4 aromatic carbocycles. The van der Waals surface area contributed by atoms with Gasteiger partial charge in [0.15, 0.2) is 0 Å². The van der Waals surface area contributed by atoms with Gasteiger partial charge in [-0.3, -0.25) is 0 Å². The van der Waals surface area contributed by atoms with Gasteiger partial charge >= 0.3 is 0 Å². The van der Waals surface area contributed by atoms with Crippen LogP contribution in [0.1, 0.15) is 42.3 Å². The number of carbonyl (C=O) groups is 1. The Labute approximate surface area is 245 Å². The Bertz CT molecular complexity index is 1690. The van der Waals surface area contributed by atoms with Crippen molar-refractivity contribution in [3.05, 3.63) is 144 Å². The third-order valence-electron chi connectivity index (χ3n) is 7.83. The van der Waals surface area contributed by atoms with Crippen LogP contribution in [0.25, 0.3) is 21.8 Å². The van der Waals surface area contributed by atoms with Crippen LogP contribution < -0.4 is 9.47 Å². The number of aldehydes is 1. The lowest BCUT2D eigenvalue weighted by molar-refractivity contribution is -0.108. The number of para-hydroxylation sites is 2. The summed E-state index contributed by atoms with van der Waals surface area (Å²) in [6, 6.07) is 40.6. The van der Waals surface area contributed by atoms with Gasteiger partial charge in [0.1, 0.15) is 31.0 Å². The molecule has 0 saturated carbocycles. The number of ether oxygens (including phenoxy) is 2. The van der Waals surface area contributed by atoms with E-state index < -0.39 is 0 Å². The number of benzene rings is 4. The van der Waals surface area contributed by atoms with Crippen molar-refractivity contribution in [3.63, 3.8) is 0 Å². The minimum atomic E-state index is -0.349. The summed E-state index contributed by atoms with van der Waals surface area (Å²) >= 11 is 0.